The standard InChI is InChI=1S/C11H8ClF3O3/c12-8(9(16)10(17)18)5-6-1-3-7(4-2-6)11(13,14)15/h1-4,8H,5H2,(H,17,18). The van der Waals surface area contributed by atoms with Crippen LogP contribution in [0.5, 0.6) is 0 Å². The summed E-state index contributed by atoms with van der Waals surface area (Å²) in [6.45, 7) is 0. The number of hydrogen-bond acceptors (Lipinski definition) is 2. The molecule has 1 atom stereocenters. The Hall–Kier alpha value is -1.56. The van der Waals surface area contributed by atoms with Crippen LogP contribution in [0.15, 0.2) is 24.3 Å². The highest BCUT2D eigenvalue weighted by molar-refractivity contribution is 6.47. The monoisotopic (exact) mass is 280 g/mol. The molecule has 0 radical (unpaired) electrons. The maximum absolute atomic E-state index is 12.3. The van der Waals surface area contributed by atoms with Gasteiger partial charge in [0.2, 0.25) is 0 Å². The zero-order chi connectivity index (χ0) is 13.9. The summed E-state index contributed by atoms with van der Waals surface area (Å²) in [5, 5.41) is 7.11. The Kier molecular flexibility index (Phi) is 4.34. The van der Waals surface area contributed by atoms with Crippen LogP contribution in [0, 0.1) is 0 Å². The van der Waals surface area contributed by atoms with Crippen LogP contribution < -0.4 is 0 Å². The molecule has 0 aliphatic heterocycles. The molecule has 1 aromatic rings. The number of ketones is 1. The van der Waals surface area contributed by atoms with Crippen LogP contribution in [-0.2, 0) is 22.2 Å². The maximum Gasteiger partial charge on any atom is 0.416 e. The SMILES string of the molecule is O=C(O)C(=O)C(Cl)Cc1ccc(C(F)(F)F)cc1. The molecular formula is C11H8ClF3O3. The number of carbonyl (C=O) groups is 2. The van der Waals surface area contributed by atoms with Crippen LogP contribution >= 0.6 is 11.6 Å². The van der Waals surface area contributed by atoms with Gasteiger partial charge in [-0.2, -0.15) is 13.2 Å². The molecule has 0 fully saturated rings. The molecule has 0 heterocycles. The third-order valence-electron chi connectivity index (χ3n) is 2.19. The molecule has 7 heteroatoms. The molecule has 0 aliphatic rings. The van der Waals surface area contributed by atoms with E-state index in [1.54, 1.807) is 0 Å². The summed E-state index contributed by atoms with van der Waals surface area (Å²) in [5.74, 6) is -2.85. The fourth-order valence-electron chi connectivity index (χ4n) is 1.26. The Balaban J connectivity index is 2.76. The summed E-state index contributed by atoms with van der Waals surface area (Å²) >= 11 is 5.54. The summed E-state index contributed by atoms with van der Waals surface area (Å²) in [5.41, 5.74) is -0.459. The van der Waals surface area contributed by atoms with E-state index < -0.39 is 28.9 Å². The first kappa shape index (κ1) is 14.5. The largest absolute Gasteiger partial charge is 0.475 e. The second-order valence-electron chi connectivity index (χ2n) is 3.54. The van der Waals surface area contributed by atoms with Crippen LogP contribution in [0.1, 0.15) is 11.1 Å². The molecule has 0 aromatic heterocycles. The van der Waals surface area contributed by atoms with Crippen molar-refractivity contribution in [2.45, 2.75) is 18.0 Å². The summed E-state index contributed by atoms with van der Waals surface area (Å²) in [4.78, 5) is 21.3. The van der Waals surface area contributed by atoms with Crippen molar-refractivity contribution in [2.75, 3.05) is 0 Å². The van der Waals surface area contributed by atoms with E-state index in [-0.39, 0.29) is 6.42 Å². The summed E-state index contributed by atoms with van der Waals surface area (Å²) in [7, 11) is 0. The van der Waals surface area contributed by atoms with Crippen LogP contribution in [-0.4, -0.2) is 22.2 Å². The number of hydrogen-bond donors (Lipinski definition) is 1. The summed E-state index contributed by atoms with van der Waals surface area (Å²) in [6.07, 6.45) is -4.57. The van der Waals surface area contributed by atoms with Crippen molar-refractivity contribution in [1.29, 1.82) is 0 Å². The molecule has 1 rings (SSSR count). The van der Waals surface area contributed by atoms with Gasteiger partial charge in [-0.25, -0.2) is 4.79 Å². The molecule has 0 bridgehead atoms. The Morgan fingerprint density at radius 1 is 1.22 bits per heavy atom. The normalized spacial score (nSPS) is 13.1. The van der Waals surface area contributed by atoms with Crippen molar-refractivity contribution in [3.05, 3.63) is 35.4 Å². The number of aliphatic carboxylic acids is 1. The number of carboxylic acid groups (broad SMARTS) is 1. The van der Waals surface area contributed by atoms with Crippen molar-refractivity contribution < 1.29 is 27.9 Å². The third-order valence-corrected chi connectivity index (χ3v) is 2.54. The van der Waals surface area contributed by atoms with E-state index in [0.717, 1.165) is 24.3 Å². The lowest BCUT2D eigenvalue weighted by atomic mass is 10.1. The molecular weight excluding hydrogens is 273 g/mol. The first-order valence-electron chi connectivity index (χ1n) is 4.79. The average molecular weight is 281 g/mol. The molecule has 0 amide bonds. The number of carbonyl (C=O) groups excluding carboxylic acids is 1. The molecule has 0 saturated carbocycles. The predicted molar refractivity (Wildman–Crippen MR) is 57.4 cm³/mol. The van der Waals surface area contributed by atoms with Crippen molar-refractivity contribution in [3.8, 4) is 0 Å². The highest BCUT2D eigenvalue weighted by Gasteiger charge is 2.30. The van der Waals surface area contributed by atoms with E-state index in [1.165, 1.54) is 0 Å². The molecule has 1 N–H and O–H groups in total. The van der Waals surface area contributed by atoms with Gasteiger partial charge < -0.3 is 5.11 Å². The second-order valence-corrected chi connectivity index (χ2v) is 4.06. The molecule has 0 aliphatic carbocycles. The molecule has 1 aromatic carbocycles. The van der Waals surface area contributed by atoms with Crippen LogP contribution in [0.3, 0.4) is 0 Å². The predicted octanol–water partition coefficient (Wildman–Crippen LogP) is 2.51. The zero-order valence-electron chi connectivity index (χ0n) is 8.87. The van der Waals surface area contributed by atoms with Crippen LogP contribution in [0.25, 0.3) is 0 Å². The number of carboxylic acids is 1. The van der Waals surface area contributed by atoms with E-state index in [2.05, 4.69) is 0 Å². The topological polar surface area (TPSA) is 54.4 Å². The lowest BCUT2D eigenvalue weighted by molar-refractivity contribution is -0.148. The number of benzene rings is 1. The Morgan fingerprint density at radius 2 is 1.72 bits per heavy atom. The van der Waals surface area contributed by atoms with Gasteiger partial charge in [-0.15, -0.1) is 11.6 Å². The van der Waals surface area contributed by atoms with E-state index in [4.69, 9.17) is 16.7 Å². The van der Waals surface area contributed by atoms with Gasteiger partial charge in [-0.1, -0.05) is 12.1 Å². The smallest absolute Gasteiger partial charge is 0.416 e. The number of rotatable bonds is 4. The van der Waals surface area contributed by atoms with Gasteiger partial charge >= 0.3 is 12.1 Å². The second kappa shape index (κ2) is 5.39. The fourth-order valence-corrected chi connectivity index (χ4v) is 1.53. The minimum absolute atomic E-state index is 0.134. The third kappa shape index (κ3) is 3.73. The van der Waals surface area contributed by atoms with Gasteiger partial charge in [0.05, 0.1) is 5.56 Å². The van der Waals surface area contributed by atoms with Crippen LogP contribution in [0.4, 0.5) is 13.2 Å². The van der Waals surface area contributed by atoms with E-state index in [9.17, 15) is 22.8 Å². The number of alkyl halides is 4. The molecule has 1 unspecified atom stereocenters. The zero-order valence-corrected chi connectivity index (χ0v) is 9.63. The number of Topliss-reactive ketones (excluding diaryl/α,β-unsaturated/α-hetero) is 1. The van der Waals surface area contributed by atoms with Gasteiger partial charge in [0, 0.05) is 0 Å². The van der Waals surface area contributed by atoms with Gasteiger partial charge in [-0.05, 0) is 24.1 Å². The number of halogens is 4. The van der Waals surface area contributed by atoms with E-state index in [0.29, 0.717) is 5.56 Å². The van der Waals surface area contributed by atoms with Gasteiger partial charge in [0.25, 0.3) is 5.78 Å². The lowest BCUT2D eigenvalue weighted by Gasteiger charge is -2.09. The molecule has 98 valence electrons. The van der Waals surface area contributed by atoms with Gasteiger partial charge in [-0.3, -0.25) is 4.79 Å². The molecule has 3 nitrogen and oxygen atoms in total. The lowest BCUT2D eigenvalue weighted by Crippen LogP contribution is -2.25. The highest BCUT2D eigenvalue weighted by atomic mass is 35.5. The van der Waals surface area contributed by atoms with E-state index in [1.807, 2.05) is 0 Å². The van der Waals surface area contributed by atoms with Crippen molar-refractivity contribution >= 4 is 23.4 Å². The Bertz CT molecular complexity index is 454. The molecule has 0 spiro atoms. The fraction of sp³-hybridized carbons (Fsp3) is 0.273. The summed E-state index contributed by atoms with van der Waals surface area (Å²) in [6, 6.07) is 4.02. The van der Waals surface area contributed by atoms with Crippen LogP contribution in [0.2, 0.25) is 0 Å². The van der Waals surface area contributed by atoms with Gasteiger partial charge in [0.15, 0.2) is 0 Å². The molecule has 18 heavy (non-hydrogen) atoms. The first-order chi connectivity index (χ1) is 8.21. The summed E-state index contributed by atoms with van der Waals surface area (Å²) < 4.78 is 36.8. The average Bonchev–Trinajstić information content (AvgIpc) is 2.27. The minimum atomic E-state index is -4.43. The first-order valence-corrected chi connectivity index (χ1v) is 5.23. The quantitative estimate of drug-likeness (QED) is 0.681. The maximum atomic E-state index is 12.3. The Labute approximate surface area is 105 Å². The van der Waals surface area contributed by atoms with Gasteiger partial charge in [0.1, 0.15) is 5.38 Å². The molecule has 0 saturated heterocycles. The Morgan fingerprint density at radius 3 is 2.11 bits per heavy atom. The minimum Gasteiger partial charge on any atom is -0.475 e. The van der Waals surface area contributed by atoms with Crippen molar-refractivity contribution in [1.82, 2.24) is 0 Å². The van der Waals surface area contributed by atoms with Crippen molar-refractivity contribution in [3.63, 3.8) is 0 Å². The van der Waals surface area contributed by atoms with Crippen molar-refractivity contribution in [2.24, 2.45) is 0 Å². The highest BCUT2D eigenvalue weighted by Crippen LogP contribution is 2.29. The van der Waals surface area contributed by atoms with E-state index >= 15 is 0 Å².